The number of carbonyl (C=O) groups excluding carboxylic acids is 2. The standard InChI is InChI=1S/C17H16Cl2N4O2/c1-11-2-6-14(7-3-11)22-17(25)20-10-16(24)23-21-9-12-4-5-13(18)8-15(12)19/h2-9H,10H2,1H3,(H,23,24)(H2,20,22,25)/b21-9-. The topological polar surface area (TPSA) is 82.6 Å². The Morgan fingerprint density at radius 3 is 2.52 bits per heavy atom. The Morgan fingerprint density at radius 2 is 1.84 bits per heavy atom. The van der Waals surface area contributed by atoms with Gasteiger partial charge in [0.15, 0.2) is 0 Å². The number of benzene rings is 2. The Morgan fingerprint density at radius 1 is 1.12 bits per heavy atom. The van der Waals surface area contributed by atoms with Gasteiger partial charge in [-0.15, -0.1) is 0 Å². The van der Waals surface area contributed by atoms with Crippen LogP contribution in [0.2, 0.25) is 10.0 Å². The number of hydrogen-bond donors (Lipinski definition) is 3. The first-order chi connectivity index (χ1) is 11.9. The molecule has 0 heterocycles. The molecule has 0 fully saturated rings. The Hall–Kier alpha value is -2.57. The van der Waals surface area contributed by atoms with E-state index in [1.807, 2.05) is 19.1 Å². The molecule has 3 amide bonds. The van der Waals surface area contributed by atoms with Crippen LogP contribution >= 0.6 is 23.2 Å². The summed E-state index contributed by atoms with van der Waals surface area (Å²) < 4.78 is 0. The Labute approximate surface area is 155 Å². The zero-order valence-electron chi connectivity index (χ0n) is 13.3. The van der Waals surface area contributed by atoms with Gasteiger partial charge in [0.1, 0.15) is 6.54 Å². The van der Waals surface area contributed by atoms with Crippen LogP contribution in [-0.4, -0.2) is 24.7 Å². The van der Waals surface area contributed by atoms with Crippen LogP contribution in [0, 0.1) is 6.92 Å². The van der Waals surface area contributed by atoms with Gasteiger partial charge in [0.25, 0.3) is 5.91 Å². The predicted octanol–water partition coefficient (Wildman–Crippen LogP) is 3.57. The van der Waals surface area contributed by atoms with Crippen molar-refractivity contribution in [1.82, 2.24) is 10.7 Å². The lowest BCUT2D eigenvalue weighted by Crippen LogP contribution is -2.37. The van der Waals surface area contributed by atoms with Crippen molar-refractivity contribution in [3.05, 3.63) is 63.6 Å². The van der Waals surface area contributed by atoms with Crippen LogP contribution in [0.5, 0.6) is 0 Å². The number of hydrogen-bond acceptors (Lipinski definition) is 3. The van der Waals surface area contributed by atoms with Crippen LogP contribution in [0.25, 0.3) is 0 Å². The van der Waals surface area contributed by atoms with Gasteiger partial charge >= 0.3 is 6.03 Å². The zero-order chi connectivity index (χ0) is 18.2. The molecular formula is C17H16Cl2N4O2. The molecule has 2 rings (SSSR count). The van der Waals surface area contributed by atoms with Crippen LogP contribution < -0.4 is 16.1 Å². The molecule has 3 N–H and O–H groups in total. The third kappa shape index (κ3) is 6.45. The van der Waals surface area contributed by atoms with Crippen LogP contribution in [0.1, 0.15) is 11.1 Å². The smallest absolute Gasteiger partial charge is 0.319 e. The molecule has 0 bridgehead atoms. The number of rotatable bonds is 5. The molecule has 0 aliphatic rings. The van der Waals surface area contributed by atoms with Crippen LogP contribution in [0.4, 0.5) is 10.5 Å². The summed E-state index contributed by atoms with van der Waals surface area (Å²) in [7, 11) is 0. The molecule has 2 aromatic rings. The third-order valence-electron chi connectivity index (χ3n) is 3.07. The molecule has 0 unspecified atom stereocenters. The first-order valence-electron chi connectivity index (χ1n) is 7.32. The summed E-state index contributed by atoms with van der Waals surface area (Å²) in [6, 6.07) is 11.7. The van der Waals surface area contributed by atoms with E-state index in [-0.39, 0.29) is 6.54 Å². The quantitative estimate of drug-likeness (QED) is 0.548. The second-order valence-corrected chi connectivity index (χ2v) is 5.98. The number of carbonyl (C=O) groups is 2. The minimum atomic E-state index is -0.483. The lowest BCUT2D eigenvalue weighted by Gasteiger charge is -2.07. The molecule has 0 aliphatic heterocycles. The van der Waals surface area contributed by atoms with Gasteiger partial charge in [-0.3, -0.25) is 4.79 Å². The summed E-state index contributed by atoms with van der Waals surface area (Å²) in [5, 5.41) is 9.76. The molecule has 0 aromatic heterocycles. The molecule has 0 aliphatic carbocycles. The van der Waals surface area contributed by atoms with Gasteiger partial charge in [-0.25, -0.2) is 10.2 Å². The van der Waals surface area contributed by atoms with E-state index in [9.17, 15) is 9.59 Å². The van der Waals surface area contributed by atoms with Gasteiger partial charge in [0.05, 0.1) is 11.2 Å². The summed E-state index contributed by atoms with van der Waals surface area (Å²) in [6.45, 7) is 1.73. The fourth-order valence-electron chi connectivity index (χ4n) is 1.79. The second-order valence-electron chi connectivity index (χ2n) is 5.13. The molecule has 2 aromatic carbocycles. The van der Waals surface area contributed by atoms with Crippen molar-refractivity contribution < 1.29 is 9.59 Å². The van der Waals surface area contributed by atoms with Gasteiger partial charge in [0.2, 0.25) is 0 Å². The monoisotopic (exact) mass is 378 g/mol. The molecule has 8 heteroatoms. The summed E-state index contributed by atoms with van der Waals surface area (Å²) in [5.41, 5.74) is 4.63. The van der Waals surface area contributed by atoms with Gasteiger partial charge in [-0.1, -0.05) is 47.0 Å². The summed E-state index contributed by atoms with van der Waals surface area (Å²) in [4.78, 5) is 23.4. The predicted molar refractivity (Wildman–Crippen MR) is 100 cm³/mol. The average molecular weight is 379 g/mol. The fraction of sp³-hybridized carbons (Fsp3) is 0.118. The third-order valence-corrected chi connectivity index (χ3v) is 3.64. The van der Waals surface area contributed by atoms with E-state index in [0.29, 0.717) is 21.3 Å². The molecule has 0 saturated carbocycles. The van der Waals surface area contributed by atoms with Crippen LogP contribution in [-0.2, 0) is 4.79 Å². The first-order valence-corrected chi connectivity index (χ1v) is 8.08. The maximum atomic E-state index is 11.7. The molecule has 25 heavy (non-hydrogen) atoms. The van der Waals surface area contributed by atoms with E-state index >= 15 is 0 Å². The van der Waals surface area contributed by atoms with E-state index in [1.165, 1.54) is 6.21 Å². The minimum absolute atomic E-state index is 0.219. The number of hydrazone groups is 1. The lowest BCUT2D eigenvalue weighted by molar-refractivity contribution is -0.120. The highest BCUT2D eigenvalue weighted by Gasteiger charge is 2.05. The summed E-state index contributed by atoms with van der Waals surface area (Å²) in [5.74, 6) is -0.472. The number of anilines is 1. The largest absolute Gasteiger partial charge is 0.329 e. The van der Waals surface area contributed by atoms with Crippen molar-refractivity contribution in [3.8, 4) is 0 Å². The van der Waals surface area contributed by atoms with Crippen LogP contribution in [0.3, 0.4) is 0 Å². The van der Waals surface area contributed by atoms with Crippen molar-refractivity contribution in [2.45, 2.75) is 6.92 Å². The van der Waals surface area contributed by atoms with E-state index in [2.05, 4.69) is 21.2 Å². The number of nitrogens with zero attached hydrogens (tertiary/aromatic N) is 1. The van der Waals surface area contributed by atoms with Gasteiger partial charge in [-0.2, -0.15) is 5.10 Å². The highest BCUT2D eigenvalue weighted by atomic mass is 35.5. The van der Waals surface area contributed by atoms with Crippen molar-refractivity contribution in [2.75, 3.05) is 11.9 Å². The maximum absolute atomic E-state index is 11.7. The van der Waals surface area contributed by atoms with Crippen LogP contribution in [0.15, 0.2) is 47.6 Å². The maximum Gasteiger partial charge on any atom is 0.319 e. The first kappa shape index (κ1) is 18.8. The molecule has 0 spiro atoms. The van der Waals surface area contributed by atoms with Crippen molar-refractivity contribution in [1.29, 1.82) is 0 Å². The van der Waals surface area contributed by atoms with Crippen molar-refractivity contribution in [2.24, 2.45) is 5.10 Å². The number of amides is 3. The lowest BCUT2D eigenvalue weighted by atomic mass is 10.2. The Bertz CT molecular complexity index is 792. The Balaban J connectivity index is 1.75. The number of halogens is 2. The average Bonchev–Trinajstić information content (AvgIpc) is 2.57. The number of urea groups is 1. The van der Waals surface area contributed by atoms with E-state index in [4.69, 9.17) is 23.2 Å². The molecule has 0 atom stereocenters. The summed E-state index contributed by atoms with van der Waals surface area (Å²) >= 11 is 11.8. The van der Waals surface area contributed by atoms with Gasteiger partial charge < -0.3 is 10.6 Å². The molecule has 0 radical (unpaired) electrons. The summed E-state index contributed by atoms with van der Waals surface area (Å²) in [6.07, 6.45) is 1.39. The molecule has 6 nitrogen and oxygen atoms in total. The highest BCUT2D eigenvalue weighted by Crippen LogP contribution is 2.19. The fourth-order valence-corrected chi connectivity index (χ4v) is 2.25. The minimum Gasteiger partial charge on any atom is -0.329 e. The van der Waals surface area contributed by atoms with Crippen molar-refractivity contribution >= 4 is 47.0 Å². The van der Waals surface area contributed by atoms with E-state index in [0.717, 1.165) is 5.56 Å². The van der Waals surface area contributed by atoms with Gasteiger partial charge in [0, 0.05) is 16.3 Å². The number of nitrogens with one attached hydrogen (secondary N) is 3. The van der Waals surface area contributed by atoms with E-state index in [1.54, 1.807) is 30.3 Å². The molecule has 0 saturated heterocycles. The van der Waals surface area contributed by atoms with E-state index < -0.39 is 11.9 Å². The van der Waals surface area contributed by atoms with Gasteiger partial charge in [-0.05, 0) is 31.2 Å². The molecular weight excluding hydrogens is 363 g/mol. The highest BCUT2D eigenvalue weighted by molar-refractivity contribution is 6.36. The second kappa shape index (κ2) is 9.05. The molecule has 130 valence electrons. The number of aryl methyl sites for hydroxylation is 1. The SMILES string of the molecule is Cc1ccc(NC(=O)NCC(=O)N/N=C\c2ccc(Cl)cc2Cl)cc1. The normalized spacial score (nSPS) is 10.5. The Kier molecular flexibility index (Phi) is 6.80. The van der Waals surface area contributed by atoms with Crippen molar-refractivity contribution in [3.63, 3.8) is 0 Å². The zero-order valence-corrected chi connectivity index (χ0v) is 14.9.